The van der Waals surface area contributed by atoms with Crippen molar-refractivity contribution in [2.75, 3.05) is 0 Å². The molecule has 0 bridgehead atoms. The van der Waals surface area contributed by atoms with Gasteiger partial charge in [-0.15, -0.1) is 0 Å². The fraction of sp³-hybridized carbons (Fsp3) is 0.500. The maximum absolute atomic E-state index is 10.1. The number of hydrogen-bond donors (Lipinski definition) is 1. The highest BCUT2D eigenvalue weighted by Gasteiger charge is 2.22. The molecule has 0 atom stereocenters. The largest absolute Gasteiger partial charge is 0.507 e. The van der Waals surface area contributed by atoms with Gasteiger partial charge < -0.3 is 9.52 Å². The van der Waals surface area contributed by atoms with Crippen molar-refractivity contribution in [1.29, 1.82) is 0 Å². The normalized spacial score (nSPS) is 13.2. The Morgan fingerprint density at radius 1 is 0.889 bits per heavy atom. The van der Waals surface area contributed by atoms with E-state index in [2.05, 4.69) is 41.5 Å². The molecule has 2 aromatic rings. The van der Waals surface area contributed by atoms with Gasteiger partial charge in [-0.25, -0.2) is 0 Å². The third kappa shape index (κ3) is 2.24. The van der Waals surface area contributed by atoms with E-state index >= 15 is 0 Å². The number of furan rings is 1. The molecule has 2 rings (SSSR count). The zero-order valence-corrected chi connectivity index (χ0v) is 12.1. The maximum Gasteiger partial charge on any atom is 0.138 e. The molecule has 1 aromatic heterocycles. The first-order valence-corrected chi connectivity index (χ1v) is 6.36. The lowest BCUT2D eigenvalue weighted by molar-refractivity contribution is 0.429. The SMILES string of the molecule is CC(C)(C)c1cc(O)c2cc(C(C)(C)C)oc2c1. The molecular weight excluding hydrogens is 224 g/mol. The molecular formula is C16H22O2. The maximum atomic E-state index is 10.1. The first-order valence-electron chi connectivity index (χ1n) is 6.36. The Kier molecular flexibility index (Phi) is 2.73. The van der Waals surface area contributed by atoms with E-state index in [1.165, 1.54) is 0 Å². The zero-order chi connectivity index (χ0) is 13.7. The molecule has 1 aromatic carbocycles. The van der Waals surface area contributed by atoms with Crippen LogP contribution in [0.5, 0.6) is 5.75 Å². The van der Waals surface area contributed by atoms with Crippen LogP contribution >= 0.6 is 0 Å². The second kappa shape index (κ2) is 3.78. The van der Waals surface area contributed by atoms with Crippen molar-refractivity contribution in [3.8, 4) is 5.75 Å². The molecule has 0 radical (unpaired) electrons. The van der Waals surface area contributed by atoms with Gasteiger partial charge >= 0.3 is 0 Å². The molecule has 0 fully saturated rings. The molecule has 18 heavy (non-hydrogen) atoms. The molecule has 0 aliphatic heterocycles. The van der Waals surface area contributed by atoms with Gasteiger partial charge in [0.2, 0.25) is 0 Å². The molecule has 0 amide bonds. The number of aromatic hydroxyl groups is 1. The Morgan fingerprint density at radius 3 is 2.00 bits per heavy atom. The minimum atomic E-state index is -0.0483. The summed E-state index contributed by atoms with van der Waals surface area (Å²) in [5.74, 6) is 1.20. The lowest BCUT2D eigenvalue weighted by Crippen LogP contribution is -2.10. The summed E-state index contributed by atoms with van der Waals surface area (Å²) in [4.78, 5) is 0. The summed E-state index contributed by atoms with van der Waals surface area (Å²) in [6.07, 6.45) is 0. The average molecular weight is 246 g/mol. The number of benzene rings is 1. The molecule has 0 saturated carbocycles. The van der Waals surface area contributed by atoms with Crippen LogP contribution in [0.4, 0.5) is 0 Å². The Hall–Kier alpha value is -1.44. The summed E-state index contributed by atoms with van der Waals surface area (Å²) in [6.45, 7) is 12.7. The van der Waals surface area contributed by atoms with Crippen LogP contribution in [0.15, 0.2) is 22.6 Å². The topological polar surface area (TPSA) is 33.4 Å². The van der Waals surface area contributed by atoms with E-state index in [4.69, 9.17) is 4.42 Å². The number of hydrogen-bond acceptors (Lipinski definition) is 2. The van der Waals surface area contributed by atoms with Gasteiger partial charge in [0, 0.05) is 5.41 Å². The predicted octanol–water partition coefficient (Wildman–Crippen LogP) is 4.73. The van der Waals surface area contributed by atoms with Gasteiger partial charge in [-0.05, 0) is 29.2 Å². The molecule has 0 aliphatic rings. The van der Waals surface area contributed by atoms with Crippen LogP contribution in [-0.2, 0) is 10.8 Å². The van der Waals surface area contributed by atoms with Crippen LogP contribution < -0.4 is 0 Å². The van der Waals surface area contributed by atoms with Gasteiger partial charge in [-0.3, -0.25) is 0 Å². The third-order valence-electron chi connectivity index (χ3n) is 3.22. The van der Waals surface area contributed by atoms with Gasteiger partial charge in [-0.2, -0.15) is 0 Å². The lowest BCUT2D eigenvalue weighted by Gasteiger charge is -2.19. The first-order chi connectivity index (χ1) is 8.09. The minimum absolute atomic E-state index is 0.000353. The van der Waals surface area contributed by atoms with E-state index in [-0.39, 0.29) is 10.8 Å². The highest BCUT2D eigenvalue weighted by atomic mass is 16.3. The molecule has 98 valence electrons. The Bertz CT molecular complexity index is 577. The standard InChI is InChI=1S/C16H22O2/c1-15(2,3)10-7-12(17)11-9-14(16(4,5)6)18-13(11)8-10/h7-9,17H,1-6H3. The fourth-order valence-corrected chi connectivity index (χ4v) is 1.92. The molecule has 2 heteroatoms. The number of rotatable bonds is 0. The van der Waals surface area contributed by atoms with E-state index in [1.54, 1.807) is 0 Å². The van der Waals surface area contributed by atoms with Gasteiger partial charge in [0.05, 0.1) is 5.39 Å². The summed E-state index contributed by atoms with van der Waals surface area (Å²) in [5.41, 5.74) is 1.81. The first kappa shape index (κ1) is 13.0. The minimum Gasteiger partial charge on any atom is -0.507 e. The third-order valence-corrected chi connectivity index (χ3v) is 3.22. The molecule has 1 heterocycles. The van der Waals surface area contributed by atoms with Gasteiger partial charge in [0.1, 0.15) is 17.1 Å². The molecule has 1 N–H and O–H groups in total. The summed E-state index contributed by atoms with van der Waals surface area (Å²) in [6, 6.07) is 5.81. The van der Waals surface area contributed by atoms with Crippen molar-refractivity contribution < 1.29 is 9.52 Å². The van der Waals surface area contributed by atoms with E-state index in [0.717, 1.165) is 22.3 Å². The summed E-state index contributed by atoms with van der Waals surface area (Å²) >= 11 is 0. The zero-order valence-electron chi connectivity index (χ0n) is 12.1. The number of phenols is 1. The van der Waals surface area contributed by atoms with Crippen LogP contribution in [0.1, 0.15) is 52.9 Å². The monoisotopic (exact) mass is 246 g/mol. The summed E-state index contributed by atoms with van der Waals surface area (Å²) in [7, 11) is 0. The van der Waals surface area contributed by atoms with Crippen molar-refractivity contribution in [3.63, 3.8) is 0 Å². The number of phenolic OH excluding ortho intramolecular Hbond substituents is 1. The van der Waals surface area contributed by atoms with Gasteiger partial charge in [-0.1, -0.05) is 41.5 Å². The average Bonchev–Trinajstić information content (AvgIpc) is 2.59. The van der Waals surface area contributed by atoms with Crippen molar-refractivity contribution in [2.45, 2.75) is 52.4 Å². The second-order valence-electron chi connectivity index (χ2n) is 7.02. The van der Waals surface area contributed by atoms with Crippen LogP contribution in [0, 0.1) is 0 Å². The smallest absolute Gasteiger partial charge is 0.138 e. The van der Waals surface area contributed by atoms with Crippen molar-refractivity contribution in [1.82, 2.24) is 0 Å². The van der Waals surface area contributed by atoms with Crippen molar-refractivity contribution in [3.05, 3.63) is 29.5 Å². The Morgan fingerprint density at radius 2 is 1.50 bits per heavy atom. The molecule has 0 unspecified atom stereocenters. The van der Waals surface area contributed by atoms with E-state index in [1.807, 2.05) is 18.2 Å². The fourth-order valence-electron chi connectivity index (χ4n) is 1.92. The quantitative estimate of drug-likeness (QED) is 0.728. The molecule has 0 aliphatic carbocycles. The highest BCUT2D eigenvalue weighted by Crippen LogP contribution is 2.37. The number of fused-ring (bicyclic) bond motifs is 1. The van der Waals surface area contributed by atoms with Crippen molar-refractivity contribution >= 4 is 11.0 Å². The van der Waals surface area contributed by atoms with Crippen LogP contribution in [0.3, 0.4) is 0 Å². The Labute approximate surface area is 109 Å². The van der Waals surface area contributed by atoms with Gasteiger partial charge in [0.15, 0.2) is 0 Å². The molecule has 0 saturated heterocycles. The summed E-state index contributed by atoms with van der Waals surface area (Å²) < 4.78 is 5.89. The Balaban J connectivity index is 2.67. The lowest BCUT2D eigenvalue weighted by atomic mass is 9.86. The van der Waals surface area contributed by atoms with Crippen LogP contribution in [0.25, 0.3) is 11.0 Å². The van der Waals surface area contributed by atoms with Crippen molar-refractivity contribution in [2.24, 2.45) is 0 Å². The van der Waals surface area contributed by atoms with Crippen LogP contribution in [0.2, 0.25) is 0 Å². The molecule has 2 nitrogen and oxygen atoms in total. The predicted molar refractivity (Wildman–Crippen MR) is 75.3 cm³/mol. The summed E-state index contributed by atoms with van der Waals surface area (Å²) in [5, 5.41) is 10.9. The van der Waals surface area contributed by atoms with E-state index in [0.29, 0.717) is 5.75 Å². The van der Waals surface area contributed by atoms with Crippen LogP contribution in [-0.4, -0.2) is 5.11 Å². The van der Waals surface area contributed by atoms with E-state index in [9.17, 15) is 5.11 Å². The second-order valence-corrected chi connectivity index (χ2v) is 7.02. The van der Waals surface area contributed by atoms with E-state index < -0.39 is 0 Å². The molecule has 0 spiro atoms. The van der Waals surface area contributed by atoms with Gasteiger partial charge in [0.25, 0.3) is 0 Å². The highest BCUT2D eigenvalue weighted by molar-refractivity contribution is 5.85.